The van der Waals surface area contributed by atoms with Crippen molar-refractivity contribution in [1.82, 2.24) is 15.6 Å². The highest BCUT2D eigenvalue weighted by Crippen LogP contribution is 2.17. The second kappa shape index (κ2) is 9.75. The van der Waals surface area contributed by atoms with Crippen molar-refractivity contribution in [2.75, 3.05) is 19.6 Å². The lowest BCUT2D eigenvalue weighted by atomic mass is 10.1. The minimum Gasteiger partial charge on any atom is -0.386 e. The number of aliphatic hydroxyl groups excluding tert-OH is 1. The second-order valence-electron chi connectivity index (χ2n) is 5.71. The average Bonchev–Trinajstić information content (AvgIpc) is 2.91. The van der Waals surface area contributed by atoms with E-state index in [9.17, 15) is 5.11 Å². The smallest absolute Gasteiger partial charge is 0.191 e. The molecule has 0 radical (unpaired) electrons. The number of nitrogens with one attached hydrogen (secondary N) is 2. The molecular formula is C18H25ClN4OS. The molecule has 0 amide bonds. The van der Waals surface area contributed by atoms with E-state index in [1.54, 1.807) is 23.5 Å². The molecule has 2 rings (SSSR count). The molecule has 5 nitrogen and oxygen atoms in total. The molecule has 136 valence electrons. The Bertz CT molecular complexity index is 680. The van der Waals surface area contributed by atoms with Gasteiger partial charge >= 0.3 is 0 Å². The summed E-state index contributed by atoms with van der Waals surface area (Å²) in [6.45, 7) is 7.93. The number of aromatic nitrogens is 1. The molecule has 25 heavy (non-hydrogen) atoms. The molecule has 0 aliphatic heterocycles. The van der Waals surface area contributed by atoms with Crippen LogP contribution in [0.5, 0.6) is 0 Å². The van der Waals surface area contributed by atoms with Gasteiger partial charge in [-0.25, -0.2) is 4.98 Å². The van der Waals surface area contributed by atoms with Crippen LogP contribution in [-0.4, -0.2) is 35.7 Å². The minimum absolute atomic E-state index is 0.284. The monoisotopic (exact) mass is 380 g/mol. The van der Waals surface area contributed by atoms with Gasteiger partial charge in [0.15, 0.2) is 5.96 Å². The third kappa shape index (κ3) is 6.30. The van der Waals surface area contributed by atoms with E-state index in [1.807, 2.05) is 26.0 Å². The van der Waals surface area contributed by atoms with Gasteiger partial charge in [0.2, 0.25) is 0 Å². The van der Waals surface area contributed by atoms with Crippen molar-refractivity contribution in [1.29, 1.82) is 0 Å². The first-order valence-corrected chi connectivity index (χ1v) is 9.57. The Kier molecular flexibility index (Phi) is 7.68. The number of benzene rings is 1. The van der Waals surface area contributed by atoms with Crippen LogP contribution in [0.1, 0.15) is 34.2 Å². The number of rotatable bonds is 7. The van der Waals surface area contributed by atoms with Crippen LogP contribution in [0, 0.1) is 13.8 Å². The number of halogens is 1. The van der Waals surface area contributed by atoms with E-state index in [1.165, 1.54) is 4.88 Å². The first kappa shape index (κ1) is 19.7. The fourth-order valence-electron chi connectivity index (χ4n) is 2.24. The Morgan fingerprint density at radius 2 is 2.00 bits per heavy atom. The van der Waals surface area contributed by atoms with Crippen LogP contribution in [0.15, 0.2) is 29.3 Å². The van der Waals surface area contributed by atoms with Gasteiger partial charge in [0.1, 0.15) is 0 Å². The predicted molar refractivity (Wildman–Crippen MR) is 106 cm³/mol. The molecule has 3 N–H and O–H groups in total. The summed E-state index contributed by atoms with van der Waals surface area (Å²) in [5, 5.41) is 18.5. The first-order valence-electron chi connectivity index (χ1n) is 8.38. The highest BCUT2D eigenvalue weighted by atomic mass is 35.5. The zero-order valence-corrected chi connectivity index (χ0v) is 16.4. The summed E-state index contributed by atoms with van der Waals surface area (Å²) >= 11 is 7.60. The van der Waals surface area contributed by atoms with Crippen LogP contribution in [0.2, 0.25) is 5.02 Å². The summed E-state index contributed by atoms with van der Waals surface area (Å²) in [6.07, 6.45) is 0.195. The third-order valence-corrected chi connectivity index (χ3v) is 5.11. The fraction of sp³-hybridized carbons (Fsp3) is 0.444. The normalized spacial score (nSPS) is 12.9. The van der Waals surface area contributed by atoms with E-state index in [2.05, 4.69) is 27.5 Å². The van der Waals surface area contributed by atoms with Crippen LogP contribution in [-0.2, 0) is 6.42 Å². The van der Waals surface area contributed by atoms with E-state index in [0.29, 0.717) is 11.0 Å². The van der Waals surface area contributed by atoms with Crippen LogP contribution in [0.3, 0.4) is 0 Å². The minimum atomic E-state index is -0.656. The van der Waals surface area contributed by atoms with Crippen molar-refractivity contribution < 1.29 is 5.11 Å². The van der Waals surface area contributed by atoms with Gasteiger partial charge in [-0.05, 0) is 38.5 Å². The number of hydrogen-bond acceptors (Lipinski definition) is 4. The number of guanidine groups is 1. The van der Waals surface area contributed by atoms with Crippen LogP contribution in [0.25, 0.3) is 0 Å². The lowest BCUT2D eigenvalue weighted by Gasteiger charge is -2.13. The summed E-state index contributed by atoms with van der Waals surface area (Å²) in [7, 11) is 0. The second-order valence-corrected chi connectivity index (χ2v) is 7.44. The van der Waals surface area contributed by atoms with E-state index < -0.39 is 6.10 Å². The molecule has 0 saturated carbocycles. The Morgan fingerprint density at radius 3 is 2.60 bits per heavy atom. The topological polar surface area (TPSA) is 69.5 Å². The molecule has 1 aromatic carbocycles. The maximum absolute atomic E-state index is 10.3. The Labute approximate surface area is 158 Å². The SMILES string of the molecule is CCNC(=NCC(O)c1ccc(Cl)cc1)NCCc1nc(C)c(C)s1. The number of nitrogens with zero attached hydrogens (tertiary/aromatic N) is 2. The van der Waals surface area contributed by atoms with Crippen molar-refractivity contribution in [3.05, 3.63) is 50.4 Å². The molecule has 0 spiro atoms. The molecule has 0 bridgehead atoms. The zero-order chi connectivity index (χ0) is 18.2. The summed E-state index contributed by atoms with van der Waals surface area (Å²) in [4.78, 5) is 10.3. The molecule has 2 aromatic rings. The van der Waals surface area contributed by atoms with Gasteiger partial charge in [-0.2, -0.15) is 0 Å². The summed E-state index contributed by atoms with van der Waals surface area (Å²) in [5.41, 5.74) is 1.91. The average molecular weight is 381 g/mol. The molecule has 0 aliphatic carbocycles. The lowest BCUT2D eigenvalue weighted by molar-refractivity contribution is 0.187. The maximum atomic E-state index is 10.3. The number of hydrogen-bond donors (Lipinski definition) is 3. The molecule has 0 fully saturated rings. The van der Waals surface area contributed by atoms with Crippen LogP contribution >= 0.6 is 22.9 Å². The van der Waals surface area contributed by atoms with Gasteiger partial charge in [-0.3, -0.25) is 4.99 Å². The quantitative estimate of drug-likeness (QED) is 0.509. The highest BCUT2D eigenvalue weighted by molar-refractivity contribution is 7.11. The lowest BCUT2D eigenvalue weighted by Crippen LogP contribution is -2.38. The molecule has 1 aromatic heterocycles. The fourth-order valence-corrected chi connectivity index (χ4v) is 3.30. The van der Waals surface area contributed by atoms with Crippen LogP contribution in [0.4, 0.5) is 0 Å². The van der Waals surface area contributed by atoms with Crippen LogP contribution < -0.4 is 10.6 Å². The Balaban J connectivity index is 1.87. The molecule has 1 heterocycles. The number of aliphatic hydroxyl groups is 1. The first-order chi connectivity index (χ1) is 12.0. The van der Waals surface area contributed by atoms with Gasteiger partial charge in [-0.15, -0.1) is 11.3 Å². The number of aryl methyl sites for hydroxylation is 2. The van der Waals surface area contributed by atoms with Crippen molar-refractivity contribution in [3.8, 4) is 0 Å². The van der Waals surface area contributed by atoms with Crippen molar-refractivity contribution in [2.24, 2.45) is 4.99 Å². The van der Waals surface area contributed by atoms with Gasteiger partial charge < -0.3 is 15.7 Å². The van der Waals surface area contributed by atoms with E-state index in [4.69, 9.17) is 11.6 Å². The van der Waals surface area contributed by atoms with Crippen molar-refractivity contribution >= 4 is 28.9 Å². The zero-order valence-electron chi connectivity index (χ0n) is 14.8. The summed E-state index contributed by atoms with van der Waals surface area (Å²) in [6, 6.07) is 7.17. The molecule has 0 saturated heterocycles. The standard InChI is InChI=1S/C18H25ClN4OS/c1-4-20-18(21-10-9-17-23-12(2)13(3)25-17)22-11-16(24)14-5-7-15(19)8-6-14/h5-8,16,24H,4,9-11H2,1-3H3,(H2,20,21,22). The van der Waals surface area contributed by atoms with E-state index >= 15 is 0 Å². The largest absolute Gasteiger partial charge is 0.386 e. The predicted octanol–water partition coefficient (Wildman–Crippen LogP) is 3.24. The maximum Gasteiger partial charge on any atom is 0.191 e. The van der Waals surface area contributed by atoms with Gasteiger partial charge in [0.25, 0.3) is 0 Å². The van der Waals surface area contributed by atoms with Crippen molar-refractivity contribution in [2.45, 2.75) is 33.3 Å². The Hall–Kier alpha value is -1.63. The highest BCUT2D eigenvalue weighted by Gasteiger charge is 2.08. The van der Waals surface area contributed by atoms with E-state index in [-0.39, 0.29) is 6.54 Å². The molecule has 7 heteroatoms. The molecule has 1 atom stereocenters. The van der Waals surface area contributed by atoms with Gasteiger partial charge in [0.05, 0.1) is 23.4 Å². The van der Waals surface area contributed by atoms with Crippen molar-refractivity contribution in [3.63, 3.8) is 0 Å². The van der Waals surface area contributed by atoms with Gasteiger partial charge in [0, 0.05) is 29.4 Å². The number of aliphatic imine (C=N–C) groups is 1. The van der Waals surface area contributed by atoms with E-state index in [0.717, 1.165) is 35.8 Å². The summed E-state index contributed by atoms with van der Waals surface area (Å²) in [5.74, 6) is 0.695. The van der Waals surface area contributed by atoms with Gasteiger partial charge in [-0.1, -0.05) is 23.7 Å². The number of thiazole rings is 1. The Morgan fingerprint density at radius 1 is 1.28 bits per heavy atom. The molecule has 0 aliphatic rings. The molecule has 1 unspecified atom stereocenters. The molecular weight excluding hydrogens is 356 g/mol. The summed E-state index contributed by atoms with van der Waals surface area (Å²) < 4.78 is 0. The third-order valence-electron chi connectivity index (χ3n) is 3.73.